The summed E-state index contributed by atoms with van der Waals surface area (Å²) in [6.45, 7) is 5.24. The van der Waals surface area contributed by atoms with E-state index >= 15 is 0 Å². The summed E-state index contributed by atoms with van der Waals surface area (Å²) < 4.78 is 21.4. The zero-order valence-electron chi connectivity index (χ0n) is 15.7. The number of aryl methyl sites for hydroxylation is 1. The molecule has 0 N–H and O–H groups in total. The molecule has 6 heteroatoms. The molecular weight excluding hydrogens is 377 g/mol. The number of fused-ring (bicyclic) bond motifs is 1. The number of halogens is 2. The number of aromatic nitrogens is 3. The second-order valence-corrected chi connectivity index (χ2v) is 6.58. The number of nitrogens with zero attached hydrogens (tertiary/aromatic N) is 3. The van der Waals surface area contributed by atoms with E-state index in [2.05, 4.69) is 34.4 Å². The molecule has 0 aliphatic heterocycles. The largest absolute Gasteiger partial charge is 0.487 e. The fourth-order valence-electron chi connectivity index (χ4n) is 3.24. The molecule has 0 aliphatic rings. The minimum absolute atomic E-state index is 0. The molecule has 0 fully saturated rings. The van der Waals surface area contributed by atoms with Gasteiger partial charge in [0.2, 0.25) is 0 Å². The number of rotatable bonds is 5. The van der Waals surface area contributed by atoms with Crippen molar-refractivity contribution in [3.8, 4) is 5.75 Å². The summed E-state index contributed by atoms with van der Waals surface area (Å²) in [6, 6.07) is 12.2. The van der Waals surface area contributed by atoms with Crippen molar-refractivity contribution in [1.82, 2.24) is 14.5 Å². The van der Waals surface area contributed by atoms with E-state index < -0.39 is 0 Å². The van der Waals surface area contributed by atoms with E-state index in [4.69, 9.17) is 4.74 Å². The van der Waals surface area contributed by atoms with Crippen molar-refractivity contribution in [1.29, 1.82) is 0 Å². The van der Waals surface area contributed by atoms with Crippen LogP contribution >= 0.6 is 12.4 Å². The monoisotopic (exact) mass is 397 g/mol. The Morgan fingerprint density at radius 1 is 1.00 bits per heavy atom. The highest BCUT2D eigenvalue weighted by molar-refractivity contribution is 5.86. The highest BCUT2D eigenvalue weighted by Crippen LogP contribution is 2.32. The van der Waals surface area contributed by atoms with Crippen LogP contribution in [-0.2, 0) is 13.2 Å². The molecule has 0 spiro atoms. The lowest BCUT2D eigenvalue weighted by atomic mass is 10.2. The summed E-state index contributed by atoms with van der Waals surface area (Å²) >= 11 is 0. The van der Waals surface area contributed by atoms with E-state index in [-0.39, 0.29) is 18.2 Å². The van der Waals surface area contributed by atoms with E-state index in [1.54, 1.807) is 24.5 Å². The van der Waals surface area contributed by atoms with Crippen LogP contribution in [-0.4, -0.2) is 14.5 Å². The molecule has 0 bridgehead atoms. The van der Waals surface area contributed by atoms with Gasteiger partial charge in [-0.3, -0.25) is 9.97 Å². The Kier molecular flexibility index (Phi) is 5.95. The maximum absolute atomic E-state index is 13.1. The molecule has 0 atom stereocenters. The van der Waals surface area contributed by atoms with Gasteiger partial charge in [0.05, 0.1) is 5.52 Å². The Morgan fingerprint density at radius 2 is 1.79 bits per heavy atom. The molecule has 0 saturated heterocycles. The van der Waals surface area contributed by atoms with Gasteiger partial charge in [-0.2, -0.15) is 0 Å². The van der Waals surface area contributed by atoms with Gasteiger partial charge in [0.1, 0.15) is 23.7 Å². The minimum atomic E-state index is -0.248. The van der Waals surface area contributed by atoms with Crippen LogP contribution in [0.3, 0.4) is 0 Å². The van der Waals surface area contributed by atoms with E-state index in [0.29, 0.717) is 13.2 Å². The van der Waals surface area contributed by atoms with E-state index in [9.17, 15) is 4.39 Å². The first-order chi connectivity index (χ1) is 13.1. The molecule has 0 unspecified atom stereocenters. The third kappa shape index (κ3) is 3.85. The Balaban J connectivity index is 0.00000225. The molecule has 3 heterocycles. The molecule has 0 radical (unpaired) electrons. The SMILES string of the molecule is Cc1c(C)n(Cc2cccnc2)c2c(OCc3ccc(F)cc3)ccnc12.Cl. The predicted molar refractivity (Wildman–Crippen MR) is 111 cm³/mol. The molecule has 4 rings (SSSR count). The highest BCUT2D eigenvalue weighted by atomic mass is 35.5. The van der Waals surface area contributed by atoms with Crippen molar-refractivity contribution in [2.75, 3.05) is 0 Å². The van der Waals surface area contributed by atoms with E-state index in [1.165, 1.54) is 12.1 Å². The summed E-state index contributed by atoms with van der Waals surface area (Å²) in [6.07, 6.45) is 5.41. The van der Waals surface area contributed by atoms with Crippen molar-refractivity contribution in [3.05, 3.63) is 89.3 Å². The lowest BCUT2D eigenvalue weighted by Gasteiger charge is -2.12. The van der Waals surface area contributed by atoms with Gasteiger partial charge in [0.25, 0.3) is 0 Å². The van der Waals surface area contributed by atoms with Crippen molar-refractivity contribution < 1.29 is 9.13 Å². The fraction of sp³-hybridized carbons (Fsp3) is 0.182. The Morgan fingerprint density at radius 3 is 2.50 bits per heavy atom. The quantitative estimate of drug-likeness (QED) is 0.462. The van der Waals surface area contributed by atoms with E-state index in [0.717, 1.165) is 39.2 Å². The summed E-state index contributed by atoms with van der Waals surface area (Å²) in [5, 5.41) is 0. The third-order valence-electron chi connectivity index (χ3n) is 4.83. The van der Waals surface area contributed by atoms with Crippen LogP contribution in [0, 0.1) is 19.7 Å². The molecule has 28 heavy (non-hydrogen) atoms. The first-order valence-electron chi connectivity index (χ1n) is 8.84. The first-order valence-corrected chi connectivity index (χ1v) is 8.84. The lowest BCUT2D eigenvalue weighted by molar-refractivity contribution is 0.308. The molecule has 3 aromatic heterocycles. The van der Waals surface area contributed by atoms with Gasteiger partial charge in [-0.15, -0.1) is 12.4 Å². The topological polar surface area (TPSA) is 39.9 Å². The van der Waals surface area contributed by atoms with Gasteiger partial charge in [-0.25, -0.2) is 4.39 Å². The Labute approximate surface area is 169 Å². The van der Waals surface area contributed by atoms with Gasteiger partial charge in [-0.05, 0) is 48.7 Å². The zero-order chi connectivity index (χ0) is 18.8. The van der Waals surface area contributed by atoms with Gasteiger partial charge < -0.3 is 9.30 Å². The van der Waals surface area contributed by atoms with Gasteiger partial charge >= 0.3 is 0 Å². The number of hydrogen-bond donors (Lipinski definition) is 0. The second-order valence-electron chi connectivity index (χ2n) is 6.58. The maximum atomic E-state index is 13.1. The first kappa shape index (κ1) is 19.8. The van der Waals surface area contributed by atoms with Crippen molar-refractivity contribution in [3.63, 3.8) is 0 Å². The summed E-state index contributed by atoms with van der Waals surface area (Å²) in [4.78, 5) is 8.78. The van der Waals surface area contributed by atoms with Crippen LogP contribution in [0.2, 0.25) is 0 Å². The zero-order valence-corrected chi connectivity index (χ0v) is 16.5. The van der Waals surface area contributed by atoms with Crippen molar-refractivity contribution >= 4 is 23.4 Å². The Hall–Kier alpha value is -2.92. The number of benzene rings is 1. The Bertz CT molecular complexity index is 1080. The molecular formula is C22H21ClFN3O. The van der Waals surface area contributed by atoms with E-state index in [1.807, 2.05) is 18.3 Å². The normalized spacial score (nSPS) is 10.7. The lowest BCUT2D eigenvalue weighted by Crippen LogP contribution is -2.04. The summed E-state index contributed by atoms with van der Waals surface area (Å²) in [5.74, 6) is 0.520. The molecule has 4 aromatic rings. The molecule has 0 saturated carbocycles. The fourth-order valence-corrected chi connectivity index (χ4v) is 3.24. The number of pyridine rings is 2. The molecule has 0 amide bonds. The number of hydrogen-bond acceptors (Lipinski definition) is 3. The van der Waals surface area contributed by atoms with Gasteiger partial charge in [0.15, 0.2) is 0 Å². The standard InChI is InChI=1S/C22H20FN3O.ClH/c1-15-16(2)26(13-18-4-3-10-24-12-18)22-20(9-11-25-21(15)22)27-14-17-5-7-19(23)8-6-17;/h3-12H,13-14H2,1-2H3;1H. The summed E-state index contributed by atoms with van der Waals surface area (Å²) in [5.41, 5.74) is 6.23. The second kappa shape index (κ2) is 8.40. The van der Waals surface area contributed by atoms with Crippen molar-refractivity contribution in [2.45, 2.75) is 27.0 Å². The molecule has 0 aliphatic carbocycles. The predicted octanol–water partition coefficient (Wildman–Crippen LogP) is 5.24. The van der Waals surface area contributed by atoms with Crippen molar-refractivity contribution in [2.24, 2.45) is 0 Å². The number of ether oxygens (including phenoxy) is 1. The highest BCUT2D eigenvalue weighted by Gasteiger charge is 2.16. The molecule has 1 aromatic carbocycles. The minimum Gasteiger partial charge on any atom is -0.487 e. The average Bonchev–Trinajstić information content (AvgIpc) is 2.94. The van der Waals surface area contributed by atoms with Gasteiger partial charge in [0, 0.05) is 36.9 Å². The average molecular weight is 398 g/mol. The smallest absolute Gasteiger partial charge is 0.147 e. The maximum Gasteiger partial charge on any atom is 0.147 e. The van der Waals surface area contributed by atoms with Gasteiger partial charge in [-0.1, -0.05) is 18.2 Å². The third-order valence-corrected chi connectivity index (χ3v) is 4.83. The van der Waals surface area contributed by atoms with Crippen LogP contribution in [0.4, 0.5) is 4.39 Å². The molecule has 4 nitrogen and oxygen atoms in total. The molecule has 144 valence electrons. The van der Waals surface area contributed by atoms with Crippen LogP contribution in [0.15, 0.2) is 61.1 Å². The van der Waals surface area contributed by atoms with Crippen LogP contribution in [0.25, 0.3) is 11.0 Å². The van der Waals surface area contributed by atoms with Crippen LogP contribution in [0.5, 0.6) is 5.75 Å². The van der Waals surface area contributed by atoms with Crippen LogP contribution < -0.4 is 4.74 Å². The van der Waals surface area contributed by atoms with Crippen LogP contribution in [0.1, 0.15) is 22.4 Å². The summed E-state index contributed by atoms with van der Waals surface area (Å²) in [7, 11) is 0.